The Balaban J connectivity index is 1.29. The van der Waals surface area contributed by atoms with Crippen LogP contribution in [0.1, 0.15) is 51.9 Å². The van der Waals surface area contributed by atoms with E-state index in [1.165, 1.54) is 12.8 Å². The van der Waals surface area contributed by atoms with Gasteiger partial charge in [0.1, 0.15) is 6.10 Å². The van der Waals surface area contributed by atoms with Crippen molar-refractivity contribution in [1.82, 2.24) is 10.2 Å². The van der Waals surface area contributed by atoms with Crippen LogP contribution in [0.4, 0.5) is 8.78 Å². The van der Waals surface area contributed by atoms with Crippen molar-refractivity contribution in [1.29, 1.82) is 0 Å². The van der Waals surface area contributed by atoms with Crippen LogP contribution in [-0.4, -0.2) is 54.0 Å². The number of likely N-dealkylation sites (tertiary alicyclic amines) is 1. The molecule has 0 aromatic carbocycles. The van der Waals surface area contributed by atoms with E-state index in [1.807, 2.05) is 6.92 Å². The molecule has 7 heteroatoms. The third-order valence-corrected chi connectivity index (χ3v) is 6.71. The van der Waals surface area contributed by atoms with Crippen LogP contribution in [0, 0.1) is 17.8 Å². The molecule has 0 bridgehead atoms. The molecule has 2 saturated heterocycles. The molecular formula is C19H28F2N2O3. The van der Waals surface area contributed by atoms with Gasteiger partial charge >= 0.3 is 0 Å². The Morgan fingerprint density at radius 2 is 1.92 bits per heavy atom. The molecule has 2 aliphatic carbocycles. The second-order valence-electron chi connectivity index (χ2n) is 8.79. The normalized spacial score (nSPS) is 36.8. The van der Waals surface area contributed by atoms with Crippen LogP contribution in [0.2, 0.25) is 0 Å². The van der Waals surface area contributed by atoms with Crippen molar-refractivity contribution in [3.05, 3.63) is 0 Å². The number of amides is 2. The highest BCUT2D eigenvalue weighted by molar-refractivity contribution is 5.81. The zero-order valence-electron chi connectivity index (χ0n) is 15.3. The van der Waals surface area contributed by atoms with Crippen molar-refractivity contribution < 1.29 is 23.1 Å². The number of rotatable bonds is 4. The van der Waals surface area contributed by atoms with Crippen LogP contribution >= 0.6 is 0 Å². The maximum Gasteiger partial charge on any atom is 0.249 e. The Hall–Kier alpha value is -1.24. The van der Waals surface area contributed by atoms with Crippen LogP contribution in [0.25, 0.3) is 0 Å². The van der Waals surface area contributed by atoms with Gasteiger partial charge in [0.25, 0.3) is 0 Å². The fourth-order valence-electron chi connectivity index (χ4n) is 4.64. The van der Waals surface area contributed by atoms with Crippen LogP contribution < -0.4 is 5.32 Å². The van der Waals surface area contributed by atoms with Gasteiger partial charge in [0.05, 0.1) is 5.60 Å². The lowest BCUT2D eigenvalue weighted by atomic mass is 9.77. The molecule has 2 saturated carbocycles. The molecule has 3 atom stereocenters. The van der Waals surface area contributed by atoms with Gasteiger partial charge in [-0.15, -0.1) is 0 Å². The Bertz CT molecular complexity index is 587. The third kappa shape index (κ3) is 3.47. The summed E-state index contributed by atoms with van der Waals surface area (Å²) in [6.07, 6.45) is 3.57. The minimum atomic E-state index is -2.67. The quantitative estimate of drug-likeness (QED) is 0.826. The van der Waals surface area contributed by atoms with Crippen molar-refractivity contribution in [2.45, 2.75) is 69.5 Å². The van der Waals surface area contributed by atoms with E-state index in [9.17, 15) is 18.4 Å². The first-order valence-electron chi connectivity index (χ1n) is 9.90. The highest BCUT2D eigenvalue weighted by Gasteiger charge is 2.53. The predicted molar refractivity (Wildman–Crippen MR) is 90.6 cm³/mol. The number of carbonyl (C=O) groups excluding carboxylic acids is 2. The SMILES string of the molecule is CC1CN(C(=O)C2CC(F)(F)C2)CCC12CCC(C(=O)NCC1CC1)O2. The number of piperidine rings is 1. The summed E-state index contributed by atoms with van der Waals surface area (Å²) in [4.78, 5) is 26.5. The van der Waals surface area contributed by atoms with Gasteiger partial charge in [-0.3, -0.25) is 9.59 Å². The average molecular weight is 370 g/mol. The fourth-order valence-corrected chi connectivity index (χ4v) is 4.64. The van der Waals surface area contributed by atoms with Gasteiger partial charge in [-0.25, -0.2) is 8.78 Å². The van der Waals surface area contributed by atoms with Crippen molar-refractivity contribution >= 4 is 11.8 Å². The number of carbonyl (C=O) groups is 2. The highest BCUT2D eigenvalue weighted by atomic mass is 19.3. The molecule has 0 radical (unpaired) electrons. The van der Waals surface area contributed by atoms with Crippen LogP contribution in [-0.2, 0) is 14.3 Å². The largest absolute Gasteiger partial charge is 0.362 e. The summed E-state index contributed by atoms with van der Waals surface area (Å²) in [5, 5.41) is 2.99. The van der Waals surface area contributed by atoms with Crippen molar-refractivity contribution in [3.63, 3.8) is 0 Å². The molecular weight excluding hydrogens is 342 g/mol. The van der Waals surface area contributed by atoms with E-state index in [0.29, 0.717) is 31.8 Å². The number of halogens is 2. The molecule has 4 fully saturated rings. The summed E-state index contributed by atoms with van der Waals surface area (Å²) in [5.41, 5.74) is -0.359. The summed E-state index contributed by atoms with van der Waals surface area (Å²) in [7, 11) is 0. The van der Waals surface area contributed by atoms with E-state index in [-0.39, 0.29) is 36.2 Å². The van der Waals surface area contributed by atoms with Gasteiger partial charge in [0.2, 0.25) is 17.7 Å². The molecule has 146 valence electrons. The monoisotopic (exact) mass is 370 g/mol. The summed E-state index contributed by atoms with van der Waals surface area (Å²) in [6.45, 7) is 3.84. The van der Waals surface area contributed by atoms with Gasteiger partial charge in [-0.2, -0.15) is 0 Å². The Labute approximate surface area is 152 Å². The maximum atomic E-state index is 13.0. The van der Waals surface area contributed by atoms with Crippen molar-refractivity contribution in [2.24, 2.45) is 17.8 Å². The first kappa shape index (κ1) is 18.1. The molecule has 2 amide bonds. The lowest BCUT2D eigenvalue weighted by Crippen LogP contribution is -2.56. The molecule has 0 aromatic heterocycles. The Morgan fingerprint density at radius 3 is 2.54 bits per heavy atom. The van der Waals surface area contributed by atoms with Crippen molar-refractivity contribution in [3.8, 4) is 0 Å². The van der Waals surface area contributed by atoms with Gasteiger partial charge in [-0.05, 0) is 38.0 Å². The molecule has 4 aliphatic rings. The molecule has 2 aliphatic heterocycles. The maximum absolute atomic E-state index is 13.0. The molecule has 0 aromatic rings. The molecule has 26 heavy (non-hydrogen) atoms. The molecule has 2 heterocycles. The number of alkyl halides is 2. The molecule has 1 N–H and O–H groups in total. The molecule has 1 spiro atoms. The van der Waals surface area contributed by atoms with Gasteiger partial charge in [0.15, 0.2) is 0 Å². The van der Waals surface area contributed by atoms with E-state index in [4.69, 9.17) is 4.74 Å². The standard InChI is InChI=1S/C19H28F2N2O3/c1-12-11-23(17(25)14-8-19(20,21)9-14)7-6-18(12)5-4-15(26-18)16(24)22-10-13-2-3-13/h12-15H,2-11H2,1H3,(H,22,24). The van der Waals surface area contributed by atoms with E-state index in [0.717, 1.165) is 13.0 Å². The van der Waals surface area contributed by atoms with Crippen LogP contribution in [0.15, 0.2) is 0 Å². The summed E-state index contributed by atoms with van der Waals surface area (Å²) < 4.78 is 32.3. The molecule has 3 unspecified atom stereocenters. The molecule has 5 nitrogen and oxygen atoms in total. The van der Waals surface area contributed by atoms with Gasteiger partial charge in [0, 0.05) is 44.3 Å². The highest BCUT2D eigenvalue weighted by Crippen LogP contribution is 2.46. The Morgan fingerprint density at radius 1 is 1.19 bits per heavy atom. The second kappa shape index (κ2) is 6.43. The second-order valence-corrected chi connectivity index (χ2v) is 8.79. The van der Waals surface area contributed by atoms with Gasteiger partial charge < -0.3 is 15.0 Å². The minimum absolute atomic E-state index is 0.0174. The zero-order chi connectivity index (χ0) is 18.5. The van der Waals surface area contributed by atoms with Crippen LogP contribution in [0.3, 0.4) is 0 Å². The number of nitrogens with one attached hydrogen (secondary N) is 1. The first-order chi connectivity index (χ1) is 12.3. The minimum Gasteiger partial charge on any atom is -0.362 e. The smallest absolute Gasteiger partial charge is 0.249 e. The number of hydrogen-bond donors (Lipinski definition) is 1. The number of ether oxygens (including phenoxy) is 1. The topological polar surface area (TPSA) is 58.6 Å². The van der Waals surface area contributed by atoms with E-state index >= 15 is 0 Å². The zero-order valence-corrected chi connectivity index (χ0v) is 15.3. The first-order valence-corrected chi connectivity index (χ1v) is 9.90. The average Bonchev–Trinajstić information content (AvgIpc) is 3.31. The van der Waals surface area contributed by atoms with Crippen LogP contribution in [0.5, 0.6) is 0 Å². The fraction of sp³-hybridized carbons (Fsp3) is 0.895. The predicted octanol–water partition coefficient (Wildman–Crippen LogP) is 2.34. The van der Waals surface area contributed by atoms with Crippen molar-refractivity contribution in [2.75, 3.05) is 19.6 Å². The molecule has 4 rings (SSSR count). The summed E-state index contributed by atoms with van der Waals surface area (Å²) in [5.74, 6) is -2.62. The van der Waals surface area contributed by atoms with Gasteiger partial charge in [-0.1, -0.05) is 6.92 Å². The Kier molecular flexibility index (Phi) is 4.48. The lowest BCUT2D eigenvalue weighted by Gasteiger charge is -2.46. The third-order valence-electron chi connectivity index (χ3n) is 6.71. The van der Waals surface area contributed by atoms with E-state index in [2.05, 4.69) is 5.32 Å². The van der Waals surface area contributed by atoms with E-state index < -0.39 is 17.9 Å². The number of nitrogens with zero attached hydrogens (tertiary/aromatic N) is 1. The number of hydrogen-bond acceptors (Lipinski definition) is 3. The summed E-state index contributed by atoms with van der Waals surface area (Å²) in [6, 6.07) is 0. The van der Waals surface area contributed by atoms with E-state index in [1.54, 1.807) is 4.90 Å². The lowest BCUT2D eigenvalue weighted by molar-refractivity contribution is -0.169. The summed E-state index contributed by atoms with van der Waals surface area (Å²) >= 11 is 0.